The van der Waals surface area contributed by atoms with Crippen LogP contribution in [0.2, 0.25) is 0 Å². The molecule has 1 radical (unpaired) electrons. The van der Waals surface area contributed by atoms with Gasteiger partial charge in [-0.3, -0.25) is 31.3 Å². The van der Waals surface area contributed by atoms with Crippen molar-refractivity contribution in [3.05, 3.63) is 0 Å². The van der Waals surface area contributed by atoms with Gasteiger partial charge < -0.3 is 89.9 Å². The van der Waals surface area contributed by atoms with Gasteiger partial charge in [0.15, 0.2) is 0 Å². The second-order valence-electron chi connectivity index (χ2n) is 7.76. The summed E-state index contributed by atoms with van der Waals surface area (Å²) in [6.07, 6.45) is 10.0. The number of quaternary nitrogens is 2. The third-order valence-corrected chi connectivity index (χ3v) is 6.07. The molecule has 10 N–H and O–H groups in total. The molecular formula is C20H44Cu2N8S8W-. The van der Waals surface area contributed by atoms with Crippen LogP contribution in [0.25, 0.3) is 0 Å². The minimum absolute atomic E-state index is 0. The molecule has 2 saturated heterocycles. The topological polar surface area (TPSA) is 109 Å². The van der Waals surface area contributed by atoms with Gasteiger partial charge in [0.2, 0.25) is 0 Å². The predicted molar refractivity (Wildman–Crippen MR) is 176 cm³/mol. The van der Waals surface area contributed by atoms with Crippen LogP contribution in [0.4, 0.5) is 0 Å². The van der Waals surface area contributed by atoms with E-state index in [1.807, 2.05) is 0 Å². The van der Waals surface area contributed by atoms with Gasteiger partial charge in [-0.15, -0.1) is 0 Å². The number of thiocarbonyl (C=S) groups is 2. The normalized spacial score (nSPS) is 17.4. The summed E-state index contributed by atoms with van der Waals surface area (Å²) in [5.74, 6) is 0. The molecule has 241 valence electrons. The molecule has 0 aromatic heterocycles. The third-order valence-electron chi connectivity index (χ3n) is 4.87. The molecule has 4 aliphatic heterocycles. The zero-order chi connectivity index (χ0) is 23.3. The monoisotopic (exact) mass is 962 g/mol. The molecule has 0 bridgehead atoms. The standard InChI is InChI=1S/4C5H10N2S.2Cu.4S.W/c4*8-5-6-3-1-2-4-7-5;;;;;;;/h4*1-4H2,(H2,6,7,8);;;;;;;/q;;;;+1;+2;4*-2;/p+4. The molecule has 19 heteroatoms. The zero-order valence-corrected chi connectivity index (χ0v) is 33.1. The molecule has 0 aromatic rings. The van der Waals surface area contributed by atoms with Gasteiger partial charge >= 0.3 is 37.0 Å². The molecule has 39 heavy (non-hydrogen) atoms. The summed E-state index contributed by atoms with van der Waals surface area (Å²) >= 11 is 19.6. The summed E-state index contributed by atoms with van der Waals surface area (Å²) in [6.45, 7) is 8.58. The fourth-order valence-corrected chi connectivity index (χ4v) is 3.85. The van der Waals surface area contributed by atoms with Crippen molar-refractivity contribution >= 4 is 124 Å². The van der Waals surface area contributed by atoms with E-state index in [0.29, 0.717) is 0 Å². The largest absolute Gasteiger partial charge is 2.00 e. The van der Waals surface area contributed by atoms with E-state index in [9.17, 15) is 0 Å². The van der Waals surface area contributed by atoms with Gasteiger partial charge in [0, 0.05) is 58.6 Å². The maximum Gasteiger partial charge on any atom is 2.00 e. The van der Waals surface area contributed by atoms with Crippen LogP contribution in [0, 0.1) is 0 Å². The maximum atomic E-state index is 4.93. The minimum atomic E-state index is 0. The van der Waals surface area contributed by atoms with Crippen molar-refractivity contribution in [2.24, 2.45) is 0 Å². The first-order valence-corrected chi connectivity index (χ1v) is 13.5. The maximum absolute atomic E-state index is 4.93. The van der Waals surface area contributed by atoms with E-state index in [0.717, 1.165) is 72.9 Å². The fourth-order valence-electron chi connectivity index (χ4n) is 3.01. The molecule has 0 aliphatic carbocycles. The predicted octanol–water partition coefficient (Wildman–Crippen LogP) is -4.65. The molecule has 0 aromatic carbocycles. The number of amidine groups is 2. The van der Waals surface area contributed by atoms with Crippen LogP contribution in [0.5, 0.6) is 0 Å². The molecule has 0 spiro atoms. The molecule has 2 fully saturated rings. The number of nitrogens with one attached hydrogen (secondary N) is 6. The number of nitrogens with two attached hydrogens (primary N) is 2. The van der Waals surface area contributed by atoms with Crippen molar-refractivity contribution in [3.8, 4) is 0 Å². The number of hydrogen-bond donors (Lipinski definition) is 8. The molecule has 4 rings (SSSR count). The Morgan fingerprint density at radius 3 is 1.26 bits per heavy atom. The van der Waals surface area contributed by atoms with Crippen LogP contribution in [0.3, 0.4) is 0 Å². The summed E-state index contributed by atoms with van der Waals surface area (Å²) in [5, 5.41) is 20.0. The number of hydrogen-bond acceptors (Lipinski definition) is 6. The first-order valence-electron chi connectivity index (χ1n) is 11.8. The molecule has 0 unspecified atom stereocenters. The molecule has 8 nitrogen and oxygen atoms in total. The van der Waals surface area contributed by atoms with Gasteiger partial charge in [-0.2, -0.15) is 0 Å². The zero-order valence-electron chi connectivity index (χ0n) is 23.7. The van der Waals surface area contributed by atoms with E-state index in [-0.39, 0.29) is 112 Å². The average Bonchev–Trinajstić information content (AvgIpc) is 3.35. The van der Waals surface area contributed by atoms with Crippen molar-refractivity contribution in [3.63, 3.8) is 0 Å². The van der Waals surface area contributed by atoms with Gasteiger partial charge in [0.05, 0.1) is 39.3 Å². The second kappa shape index (κ2) is 42.3. The van der Waals surface area contributed by atoms with Crippen LogP contribution >= 0.6 is 24.4 Å². The van der Waals surface area contributed by atoms with Gasteiger partial charge in [0.1, 0.15) is 10.3 Å². The Morgan fingerprint density at radius 1 is 0.590 bits per heavy atom. The molecule has 4 heterocycles. The van der Waals surface area contributed by atoms with Gasteiger partial charge in [0.25, 0.3) is 10.2 Å². The van der Waals surface area contributed by atoms with Gasteiger partial charge in [-0.1, -0.05) is 0 Å². The Bertz CT molecular complexity index is 556. The van der Waals surface area contributed by atoms with Crippen LogP contribution in [-0.2, 0) is 134 Å². The van der Waals surface area contributed by atoms with Crippen LogP contribution in [0.1, 0.15) is 54.2 Å². The Morgan fingerprint density at radius 2 is 0.897 bits per heavy atom. The fraction of sp³-hybridized carbons (Fsp3) is 0.800. The summed E-state index contributed by atoms with van der Waals surface area (Å²) in [7, 11) is 0. The molecule has 0 saturated carbocycles. The minimum Gasteiger partial charge on any atom is -2.00 e. The summed E-state index contributed by atoms with van der Waals surface area (Å²) < 4.78 is 0. The third kappa shape index (κ3) is 40.2. The van der Waals surface area contributed by atoms with Crippen molar-refractivity contribution < 1.29 is 78.7 Å². The van der Waals surface area contributed by atoms with Crippen LogP contribution in [0.15, 0.2) is 0 Å². The Labute approximate surface area is 324 Å². The van der Waals surface area contributed by atoms with Crippen molar-refractivity contribution in [2.75, 3.05) is 52.4 Å². The van der Waals surface area contributed by atoms with E-state index in [2.05, 4.69) is 41.9 Å². The summed E-state index contributed by atoms with van der Waals surface area (Å²) in [4.78, 5) is 6.13. The average molecular weight is 964 g/mol. The van der Waals surface area contributed by atoms with E-state index in [1.165, 1.54) is 51.4 Å². The molecule has 0 atom stereocenters. The van der Waals surface area contributed by atoms with Crippen molar-refractivity contribution in [2.45, 2.75) is 51.4 Å². The SMILES string of the molecule is S=C1NCCCC[NH2+]1.S=C1NCCCC[NH2+]1.[Cu+2].[Cu+].[H+].[H+].[S-2].[S-2].[S-2].[S-2].[S-]C1=[NH+]CCCCN1.[S-]C1=[NH+]CCCCN1.[W]. The smallest absolute Gasteiger partial charge is 2.00 e. The van der Waals surface area contributed by atoms with Crippen molar-refractivity contribution in [1.82, 2.24) is 21.3 Å². The quantitative estimate of drug-likeness (QED) is 0.0698. The first kappa shape index (κ1) is 56.9. The van der Waals surface area contributed by atoms with E-state index >= 15 is 0 Å². The van der Waals surface area contributed by atoms with Gasteiger partial charge in [-0.05, 0) is 51.4 Å². The van der Waals surface area contributed by atoms with Crippen LogP contribution < -0.4 is 41.9 Å². The van der Waals surface area contributed by atoms with Crippen LogP contribution in [-0.4, -0.2) is 72.9 Å². The Hall–Kier alpha value is 2.21. The first-order chi connectivity index (χ1) is 15.6. The van der Waals surface area contributed by atoms with E-state index in [1.54, 1.807) is 0 Å². The van der Waals surface area contributed by atoms with E-state index < -0.39 is 0 Å². The Kier molecular flexibility index (Phi) is 61.8. The Balaban J connectivity index is -0.0000000443. The van der Waals surface area contributed by atoms with Crippen molar-refractivity contribution in [1.29, 1.82) is 0 Å². The second-order valence-corrected chi connectivity index (χ2v) is 9.46. The molecule has 0 amide bonds. The summed E-state index contributed by atoms with van der Waals surface area (Å²) in [6, 6.07) is 0. The molecule has 4 aliphatic rings. The summed E-state index contributed by atoms with van der Waals surface area (Å²) in [5.41, 5.74) is 0. The number of rotatable bonds is 0. The molecular weight excluding hydrogens is 920 g/mol. The van der Waals surface area contributed by atoms with Gasteiger partial charge in [-0.25, -0.2) is 0 Å². The van der Waals surface area contributed by atoms with E-state index in [4.69, 9.17) is 49.7 Å².